The Labute approximate surface area is 182 Å². The maximum absolute atomic E-state index is 5.69. The van der Waals surface area contributed by atoms with Crippen molar-refractivity contribution >= 4 is 5.96 Å². The molecule has 0 unspecified atom stereocenters. The number of guanidine groups is 1. The number of likely N-dealkylation sites (tertiary alicyclic amines) is 1. The number of benzene rings is 1. The molecule has 168 valence electrons. The third kappa shape index (κ3) is 6.11. The molecule has 2 aliphatic heterocycles. The minimum absolute atomic E-state index is 0.0606. The first kappa shape index (κ1) is 22.9. The van der Waals surface area contributed by atoms with E-state index in [1.807, 2.05) is 14.0 Å². The van der Waals surface area contributed by atoms with Crippen LogP contribution in [0.3, 0.4) is 0 Å². The van der Waals surface area contributed by atoms with E-state index in [0.29, 0.717) is 12.6 Å². The summed E-state index contributed by atoms with van der Waals surface area (Å²) < 4.78 is 11.3. The first-order valence-corrected chi connectivity index (χ1v) is 11.7. The number of nitrogens with one attached hydrogen (secondary N) is 2. The number of ether oxygens (including phenoxy) is 2. The zero-order valence-electron chi connectivity index (χ0n) is 19.1. The summed E-state index contributed by atoms with van der Waals surface area (Å²) in [4.78, 5) is 7.08. The Morgan fingerprint density at radius 3 is 2.47 bits per heavy atom. The van der Waals surface area contributed by atoms with Gasteiger partial charge in [-0.2, -0.15) is 0 Å². The van der Waals surface area contributed by atoms with Gasteiger partial charge in [-0.25, -0.2) is 0 Å². The van der Waals surface area contributed by atoms with Crippen LogP contribution in [0.25, 0.3) is 0 Å². The fourth-order valence-corrected chi connectivity index (χ4v) is 4.66. The number of hydrogen-bond donors (Lipinski definition) is 2. The Morgan fingerprint density at radius 2 is 1.87 bits per heavy atom. The van der Waals surface area contributed by atoms with E-state index in [2.05, 4.69) is 51.7 Å². The van der Waals surface area contributed by atoms with Gasteiger partial charge in [0.1, 0.15) is 5.75 Å². The van der Waals surface area contributed by atoms with E-state index in [4.69, 9.17) is 9.47 Å². The molecule has 0 saturated carbocycles. The van der Waals surface area contributed by atoms with Crippen molar-refractivity contribution in [1.29, 1.82) is 0 Å². The van der Waals surface area contributed by atoms with Crippen LogP contribution in [-0.4, -0.2) is 69.9 Å². The number of rotatable bonds is 8. The van der Waals surface area contributed by atoms with Crippen LogP contribution in [0.1, 0.15) is 51.5 Å². The van der Waals surface area contributed by atoms with Crippen molar-refractivity contribution < 1.29 is 9.47 Å². The van der Waals surface area contributed by atoms with Crippen LogP contribution in [0.5, 0.6) is 5.75 Å². The topological polar surface area (TPSA) is 58.1 Å². The van der Waals surface area contributed by atoms with Crippen molar-refractivity contribution in [3.63, 3.8) is 0 Å². The van der Waals surface area contributed by atoms with Crippen LogP contribution in [0.4, 0.5) is 0 Å². The molecule has 0 radical (unpaired) electrons. The summed E-state index contributed by atoms with van der Waals surface area (Å²) in [7, 11) is 1.87. The van der Waals surface area contributed by atoms with Crippen molar-refractivity contribution in [1.82, 2.24) is 15.5 Å². The van der Waals surface area contributed by atoms with Gasteiger partial charge in [0.05, 0.1) is 6.61 Å². The van der Waals surface area contributed by atoms with E-state index in [0.717, 1.165) is 44.3 Å². The normalized spacial score (nSPS) is 20.7. The lowest BCUT2D eigenvalue weighted by Gasteiger charge is -2.39. The first-order valence-electron chi connectivity index (χ1n) is 11.7. The number of nitrogens with zero attached hydrogens (tertiary/aromatic N) is 2. The minimum atomic E-state index is 0.0606. The number of piperidine rings is 1. The van der Waals surface area contributed by atoms with E-state index in [1.165, 1.54) is 44.5 Å². The summed E-state index contributed by atoms with van der Waals surface area (Å²) in [6.07, 6.45) is 5.62. The standard InChI is InChI=1S/C24H40N4O2/c1-4-14-28-15-10-21(11-16-28)27-23(25-3)26-19-24(12-17-29-18-13-24)20-6-8-22(9-7-20)30-5-2/h6-9,21H,4-5,10-19H2,1-3H3,(H2,25,26,27). The predicted molar refractivity (Wildman–Crippen MR) is 124 cm³/mol. The second-order valence-corrected chi connectivity index (χ2v) is 8.54. The smallest absolute Gasteiger partial charge is 0.191 e. The Balaban J connectivity index is 1.59. The zero-order valence-corrected chi connectivity index (χ0v) is 19.1. The van der Waals surface area contributed by atoms with Gasteiger partial charge in [-0.1, -0.05) is 19.1 Å². The average molecular weight is 417 g/mol. The molecule has 0 atom stereocenters. The van der Waals surface area contributed by atoms with Crippen LogP contribution < -0.4 is 15.4 Å². The lowest BCUT2D eigenvalue weighted by atomic mass is 9.74. The summed E-state index contributed by atoms with van der Waals surface area (Å²) in [5, 5.41) is 7.30. The van der Waals surface area contributed by atoms with Crippen molar-refractivity contribution in [2.45, 2.75) is 57.4 Å². The Bertz CT molecular complexity index is 648. The zero-order chi connectivity index (χ0) is 21.2. The molecule has 2 heterocycles. The first-order chi connectivity index (χ1) is 14.7. The molecule has 0 bridgehead atoms. The van der Waals surface area contributed by atoms with E-state index in [-0.39, 0.29) is 5.41 Å². The van der Waals surface area contributed by atoms with E-state index >= 15 is 0 Å². The van der Waals surface area contributed by atoms with Crippen LogP contribution in [0, 0.1) is 0 Å². The Kier molecular flexibility index (Phi) is 8.82. The molecule has 0 amide bonds. The van der Waals surface area contributed by atoms with Gasteiger partial charge >= 0.3 is 0 Å². The van der Waals surface area contributed by atoms with Crippen LogP contribution in [0.15, 0.2) is 29.3 Å². The number of aliphatic imine (C=N–C) groups is 1. The van der Waals surface area contributed by atoms with Gasteiger partial charge in [0, 0.05) is 51.4 Å². The molecular formula is C24H40N4O2. The van der Waals surface area contributed by atoms with Crippen LogP contribution >= 0.6 is 0 Å². The fraction of sp³-hybridized carbons (Fsp3) is 0.708. The molecule has 0 aromatic heterocycles. The lowest BCUT2D eigenvalue weighted by molar-refractivity contribution is 0.0513. The van der Waals surface area contributed by atoms with Crippen molar-refractivity contribution in [3.05, 3.63) is 29.8 Å². The summed E-state index contributed by atoms with van der Waals surface area (Å²) in [5.74, 6) is 1.85. The molecule has 2 fully saturated rings. The quantitative estimate of drug-likeness (QED) is 0.504. The average Bonchev–Trinajstić information content (AvgIpc) is 2.79. The van der Waals surface area contributed by atoms with Crippen LogP contribution in [0.2, 0.25) is 0 Å². The molecule has 1 aromatic carbocycles. The Morgan fingerprint density at radius 1 is 1.17 bits per heavy atom. The molecule has 2 N–H and O–H groups in total. The van der Waals surface area contributed by atoms with Gasteiger partial charge in [-0.3, -0.25) is 4.99 Å². The maximum atomic E-state index is 5.69. The van der Waals surface area contributed by atoms with Crippen molar-refractivity contribution in [2.24, 2.45) is 4.99 Å². The van der Waals surface area contributed by atoms with Gasteiger partial charge in [-0.15, -0.1) is 0 Å². The largest absolute Gasteiger partial charge is 0.494 e. The highest BCUT2D eigenvalue weighted by Crippen LogP contribution is 2.35. The molecule has 2 aliphatic rings. The van der Waals surface area contributed by atoms with E-state index in [1.54, 1.807) is 0 Å². The molecule has 2 saturated heterocycles. The summed E-state index contributed by atoms with van der Waals surface area (Å²) in [5.41, 5.74) is 1.41. The molecule has 30 heavy (non-hydrogen) atoms. The Hall–Kier alpha value is -1.79. The highest BCUT2D eigenvalue weighted by molar-refractivity contribution is 5.80. The van der Waals surface area contributed by atoms with Gasteiger partial charge in [0.25, 0.3) is 0 Å². The molecule has 0 spiro atoms. The third-order valence-corrected chi connectivity index (χ3v) is 6.51. The SMILES string of the molecule is CCCN1CCC(NC(=NC)NCC2(c3ccc(OCC)cc3)CCOCC2)CC1. The maximum Gasteiger partial charge on any atom is 0.191 e. The van der Waals surface area contributed by atoms with Gasteiger partial charge in [0.2, 0.25) is 0 Å². The highest BCUT2D eigenvalue weighted by atomic mass is 16.5. The number of hydrogen-bond acceptors (Lipinski definition) is 4. The highest BCUT2D eigenvalue weighted by Gasteiger charge is 2.35. The molecule has 3 rings (SSSR count). The summed E-state index contributed by atoms with van der Waals surface area (Å²) >= 11 is 0. The second-order valence-electron chi connectivity index (χ2n) is 8.54. The summed E-state index contributed by atoms with van der Waals surface area (Å²) in [6.45, 7) is 11.0. The lowest BCUT2D eigenvalue weighted by Crippen LogP contribution is -2.52. The van der Waals surface area contributed by atoms with E-state index < -0.39 is 0 Å². The summed E-state index contributed by atoms with van der Waals surface area (Å²) in [6, 6.07) is 9.12. The monoisotopic (exact) mass is 416 g/mol. The van der Waals surface area contributed by atoms with Gasteiger partial charge in [-0.05, 0) is 63.3 Å². The predicted octanol–water partition coefficient (Wildman–Crippen LogP) is 3.17. The molecule has 6 heteroatoms. The molecule has 1 aromatic rings. The van der Waals surface area contributed by atoms with Crippen molar-refractivity contribution in [3.8, 4) is 5.75 Å². The molecular weight excluding hydrogens is 376 g/mol. The third-order valence-electron chi connectivity index (χ3n) is 6.51. The minimum Gasteiger partial charge on any atom is -0.494 e. The second kappa shape index (κ2) is 11.6. The molecule has 0 aliphatic carbocycles. The van der Waals surface area contributed by atoms with Crippen molar-refractivity contribution in [2.75, 3.05) is 53.0 Å². The van der Waals surface area contributed by atoms with Gasteiger partial charge < -0.3 is 25.0 Å². The fourth-order valence-electron chi connectivity index (χ4n) is 4.66. The van der Waals surface area contributed by atoms with Gasteiger partial charge in [0.15, 0.2) is 5.96 Å². The van der Waals surface area contributed by atoms with Crippen LogP contribution in [-0.2, 0) is 10.2 Å². The molecule has 6 nitrogen and oxygen atoms in total. The van der Waals surface area contributed by atoms with E-state index in [9.17, 15) is 0 Å².